The van der Waals surface area contributed by atoms with Gasteiger partial charge in [-0.1, -0.05) is 48.0 Å². The van der Waals surface area contributed by atoms with Crippen molar-refractivity contribution >= 4 is 28.0 Å². The van der Waals surface area contributed by atoms with Gasteiger partial charge in [0.25, 0.3) is 0 Å². The van der Waals surface area contributed by atoms with E-state index in [-0.39, 0.29) is 10.7 Å². The van der Waals surface area contributed by atoms with E-state index in [2.05, 4.69) is 48.5 Å². The lowest BCUT2D eigenvalue weighted by atomic mass is 10.3. The van der Waals surface area contributed by atoms with E-state index >= 15 is 0 Å². The Morgan fingerprint density at radius 1 is 0.619 bits per heavy atom. The minimum absolute atomic E-state index is 0.327. The molecule has 0 aliphatic heterocycles. The zero-order valence-corrected chi connectivity index (χ0v) is 12.9. The van der Waals surface area contributed by atoms with Crippen LogP contribution in [0.15, 0.2) is 99.1 Å². The highest BCUT2D eigenvalue weighted by molar-refractivity contribution is 7.87. The zero-order chi connectivity index (χ0) is 14.5. The number of benzene rings is 3. The van der Waals surface area contributed by atoms with Crippen molar-refractivity contribution in [1.82, 2.24) is 0 Å². The number of rotatable bonds is 3. The van der Waals surface area contributed by atoms with Crippen molar-refractivity contribution in [3.8, 4) is 0 Å². The third-order valence-electron chi connectivity index (χ3n) is 2.96. The second kappa shape index (κ2) is 6.70. The molecular formula is C18H14ClNS. The van der Waals surface area contributed by atoms with Gasteiger partial charge in [0.15, 0.2) is 0 Å². The molecular weight excluding hydrogens is 298 g/mol. The Kier molecular flexibility index (Phi) is 4.49. The smallest absolute Gasteiger partial charge is 0.0712 e. The van der Waals surface area contributed by atoms with Gasteiger partial charge in [-0.25, -0.2) is 4.36 Å². The Morgan fingerprint density at radius 3 is 1.57 bits per heavy atom. The molecule has 0 saturated heterocycles. The highest BCUT2D eigenvalue weighted by Crippen LogP contribution is 2.24. The molecule has 0 bridgehead atoms. The summed E-state index contributed by atoms with van der Waals surface area (Å²) < 4.78 is 4.91. The predicted octanol–water partition coefficient (Wildman–Crippen LogP) is 5.89. The van der Waals surface area contributed by atoms with Gasteiger partial charge >= 0.3 is 0 Å². The van der Waals surface area contributed by atoms with Crippen molar-refractivity contribution in [3.63, 3.8) is 0 Å². The summed E-state index contributed by atoms with van der Waals surface area (Å²) >= 11 is 5.94. The van der Waals surface area contributed by atoms with Gasteiger partial charge in [-0.05, 0) is 59.2 Å². The standard InChI is InChI=1S/C18H14ClNS/c19-15-11-13-16(14-12-15)20-21(17-7-3-1-4-8-17)18-9-5-2-6-10-18/h1-14H. The second-order valence-corrected chi connectivity index (χ2v) is 6.61. The summed E-state index contributed by atoms with van der Waals surface area (Å²) in [6, 6.07) is 28.4. The average Bonchev–Trinajstić information content (AvgIpc) is 2.56. The quantitative estimate of drug-likeness (QED) is 0.571. The first-order valence-corrected chi connectivity index (χ1v) is 8.21. The third-order valence-corrected chi connectivity index (χ3v) is 5.04. The SMILES string of the molecule is Clc1ccc(N=S(c2ccccc2)c2ccccc2)cc1. The van der Waals surface area contributed by atoms with Gasteiger partial charge in [-0.2, -0.15) is 0 Å². The molecule has 1 nitrogen and oxygen atoms in total. The van der Waals surface area contributed by atoms with E-state index in [0.29, 0.717) is 0 Å². The van der Waals surface area contributed by atoms with Crippen LogP contribution in [0.25, 0.3) is 0 Å². The molecule has 21 heavy (non-hydrogen) atoms. The number of hydrogen-bond acceptors (Lipinski definition) is 1. The molecule has 0 fully saturated rings. The normalized spacial score (nSPS) is 10.6. The summed E-state index contributed by atoms with van der Waals surface area (Å²) in [5.41, 5.74) is 0.940. The van der Waals surface area contributed by atoms with Crippen molar-refractivity contribution in [3.05, 3.63) is 90.0 Å². The highest BCUT2D eigenvalue weighted by Gasteiger charge is 2.04. The predicted molar refractivity (Wildman–Crippen MR) is 90.3 cm³/mol. The Balaban J connectivity index is 2.10. The van der Waals surface area contributed by atoms with E-state index in [0.717, 1.165) is 10.7 Å². The van der Waals surface area contributed by atoms with Gasteiger partial charge < -0.3 is 0 Å². The number of hydrogen-bond donors (Lipinski definition) is 0. The summed E-state index contributed by atoms with van der Waals surface area (Å²) in [5.74, 6) is 0. The molecule has 3 heteroatoms. The first-order valence-electron chi connectivity index (χ1n) is 6.65. The molecule has 0 saturated carbocycles. The fourth-order valence-corrected chi connectivity index (χ4v) is 3.72. The Bertz CT molecular complexity index is 696. The molecule has 3 aromatic carbocycles. The number of nitrogens with zero attached hydrogens (tertiary/aromatic N) is 1. The van der Waals surface area contributed by atoms with Crippen LogP contribution in [0.2, 0.25) is 5.02 Å². The lowest BCUT2D eigenvalue weighted by molar-refractivity contribution is 1.37. The first kappa shape index (κ1) is 14.1. The van der Waals surface area contributed by atoms with E-state index in [4.69, 9.17) is 16.0 Å². The molecule has 0 aromatic heterocycles. The summed E-state index contributed by atoms with van der Waals surface area (Å²) in [7, 11) is -0.327. The maximum Gasteiger partial charge on any atom is 0.0712 e. The van der Waals surface area contributed by atoms with Crippen LogP contribution in [0.5, 0.6) is 0 Å². The molecule has 0 aliphatic rings. The largest absolute Gasteiger partial charge is 0.219 e. The van der Waals surface area contributed by atoms with Crippen LogP contribution in [0, 0.1) is 0 Å². The molecule has 0 N–H and O–H groups in total. The van der Waals surface area contributed by atoms with Crippen LogP contribution in [0.4, 0.5) is 5.69 Å². The van der Waals surface area contributed by atoms with E-state index in [1.54, 1.807) is 0 Å². The molecule has 104 valence electrons. The van der Waals surface area contributed by atoms with Crippen LogP contribution >= 0.6 is 11.6 Å². The molecule has 3 aromatic rings. The van der Waals surface area contributed by atoms with E-state index < -0.39 is 0 Å². The Morgan fingerprint density at radius 2 is 1.10 bits per heavy atom. The van der Waals surface area contributed by atoms with Crippen molar-refractivity contribution in [1.29, 1.82) is 0 Å². The van der Waals surface area contributed by atoms with E-state index in [1.165, 1.54) is 9.79 Å². The lowest BCUT2D eigenvalue weighted by Gasteiger charge is -2.09. The van der Waals surface area contributed by atoms with Gasteiger partial charge in [0.1, 0.15) is 0 Å². The summed E-state index contributed by atoms with van der Waals surface area (Å²) in [5, 5.41) is 0.730. The fraction of sp³-hybridized carbons (Fsp3) is 0. The van der Waals surface area contributed by atoms with Gasteiger partial charge in [0, 0.05) is 14.8 Å². The topological polar surface area (TPSA) is 12.4 Å². The Labute approximate surface area is 132 Å². The average molecular weight is 312 g/mol. The van der Waals surface area contributed by atoms with Crippen molar-refractivity contribution in [2.45, 2.75) is 9.79 Å². The van der Waals surface area contributed by atoms with Crippen molar-refractivity contribution < 1.29 is 0 Å². The molecule has 0 radical (unpaired) electrons. The molecule has 0 heterocycles. The summed E-state index contributed by atoms with van der Waals surface area (Å²) in [4.78, 5) is 2.41. The van der Waals surface area contributed by atoms with Crippen molar-refractivity contribution in [2.75, 3.05) is 0 Å². The van der Waals surface area contributed by atoms with Gasteiger partial charge in [0.05, 0.1) is 5.69 Å². The van der Waals surface area contributed by atoms with Crippen LogP contribution in [-0.4, -0.2) is 0 Å². The monoisotopic (exact) mass is 311 g/mol. The van der Waals surface area contributed by atoms with Gasteiger partial charge in [-0.3, -0.25) is 0 Å². The molecule has 0 spiro atoms. The fourth-order valence-electron chi connectivity index (χ4n) is 1.95. The van der Waals surface area contributed by atoms with E-state index in [1.807, 2.05) is 36.4 Å². The van der Waals surface area contributed by atoms with Crippen molar-refractivity contribution in [2.24, 2.45) is 4.36 Å². The number of halogens is 1. The Hall–Kier alpha value is -1.90. The molecule has 0 aliphatic carbocycles. The first-order chi connectivity index (χ1) is 10.3. The maximum atomic E-state index is 5.94. The third kappa shape index (κ3) is 3.60. The molecule has 0 amide bonds. The van der Waals surface area contributed by atoms with Gasteiger partial charge in [0.2, 0.25) is 0 Å². The summed E-state index contributed by atoms with van der Waals surface area (Å²) in [6.45, 7) is 0. The maximum absolute atomic E-state index is 5.94. The lowest BCUT2D eigenvalue weighted by Crippen LogP contribution is -1.91. The zero-order valence-electron chi connectivity index (χ0n) is 11.3. The van der Waals surface area contributed by atoms with Gasteiger partial charge in [-0.15, -0.1) is 0 Å². The highest BCUT2D eigenvalue weighted by atomic mass is 35.5. The second-order valence-electron chi connectivity index (χ2n) is 4.48. The minimum atomic E-state index is -0.327. The van der Waals surface area contributed by atoms with Crippen LogP contribution in [-0.2, 0) is 10.7 Å². The summed E-state index contributed by atoms with van der Waals surface area (Å²) in [6.07, 6.45) is 0. The van der Waals surface area contributed by atoms with E-state index in [9.17, 15) is 0 Å². The minimum Gasteiger partial charge on any atom is -0.219 e. The van der Waals surface area contributed by atoms with Crippen LogP contribution in [0.1, 0.15) is 0 Å². The van der Waals surface area contributed by atoms with Crippen LogP contribution in [0.3, 0.4) is 0 Å². The molecule has 3 rings (SSSR count). The molecule has 0 atom stereocenters. The molecule has 0 unspecified atom stereocenters. The van der Waals surface area contributed by atoms with Crippen LogP contribution < -0.4 is 0 Å².